The van der Waals surface area contributed by atoms with Crippen molar-refractivity contribution in [1.82, 2.24) is 20.5 Å². The van der Waals surface area contributed by atoms with Gasteiger partial charge in [-0.2, -0.15) is 5.10 Å². The first kappa shape index (κ1) is 12.7. The van der Waals surface area contributed by atoms with Crippen LogP contribution in [-0.4, -0.2) is 21.7 Å². The third-order valence-electron chi connectivity index (χ3n) is 2.77. The molecule has 0 aliphatic carbocycles. The van der Waals surface area contributed by atoms with Gasteiger partial charge in [-0.3, -0.25) is 5.10 Å². The fraction of sp³-hybridized carbons (Fsp3) is 0.385. The molecule has 0 aliphatic heterocycles. The molecule has 0 aliphatic rings. The van der Waals surface area contributed by atoms with Gasteiger partial charge in [-0.1, -0.05) is 24.6 Å². The maximum absolute atomic E-state index is 13.9. The quantitative estimate of drug-likeness (QED) is 0.854. The van der Waals surface area contributed by atoms with E-state index in [4.69, 9.17) is 0 Å². The third-order valence-corrected chi connectivity index (χ3v) is 2.77. The number of H-pyrrole nitrogens is 1. The number of aromatic nitrogens is 3. The van der Waals surface area contributed by atoms with Crippen LogP contribution in [0.5, 0.6) is 0 Å². The molecule has 1 heterocycles. The van der Waals surface area contributed by atoms with E-state index in [-0.39, 0.29) is 11.9 Å². The SMILES string of the molecule is CCCNC(c1ncn[nH]1)c1cc(C)ccc1F. The van der Waals surface area contributed by atoms with Crippen molar-refractivity contribution in [2.75, 3.05) is 6.54 Å². The Morgan fingerprint density at radius 3 is 2.94 bits per heavy atom. The number of aryl methyl sites for hydroxylation is 1. The minimum absolute atomic E-state index is 0.231. The maximum Gasteiger partial charge on any atom is 0.146 e. The van der Waals surface area contributed by atoms with Crippen LogP contribution in [0.15, 0.2) is 24.5 Å². The fourth-order valence-electron chi connectivity index (χ4n) is 1.88. The van der Waals surface area contributed by atoms with E-state index in [1.807, 2.05) is 13.0 Å². The van der Waals surface area contributed by atoms with Crippen LogP contribution in [0.1, 0.15) is 36.3 Å². The summed E-state index contributed by atoms with van der Waals surface area (Å²) in [5.74, 6) is 0.401. The number of hydrogen-bond acceptors (Lipinski definition) is 3. The van der Waals surface area contributed by atoms with Gasteiger partial charge in [0.05, 0.1) is 6.04 Å². The molecule has 1 aromatic heterocycles. The van der Waals surface area contributed by atoms with E-state index in [0.717, 1.165) is 18.5 Å². The van der Waals surface area contributed by atoms with Gasteiger partial charge in [-0.05, 0) is 26.0 Å². The molecule has 0 spiro atoms. The maximum atomic E-state index is 13.9. The molecule has 4 nitrogen and oxygen atoms in total. The standard InChI is InChI=1S/C13H17FN4/c1-3-6-15-12(13-16-8-17-18-13)10-7-9(2)4-5-11(10)14/h4-5,7-8,12,15H,3,6H2,1-2H3,(H,16,17,18). The van der Waals surface area contributed by atoms with Crippen molar-refractivity contribution in [3.8, 4) is 0 Å². The summed E-state index contributed by atoms with van der Waals surface area (Å²) < 4.78 is 13.9. The number of halogens is 1. The predicted octanol–water partition coefficient (Wildman–Crippen LogP) is 2.34. The van der Waals surface area contributed by atoms with Gasteiger partial charge in [0.2, 0.25) is 0 Å². The summed E-state index contributed by atoms with van der Waals surface area (Å²) in [6.45, 7) is 4.80. The van der Waals surface area contributed by atoms with Gasteiger partial charge in [-0.15, -0.1) is 0 Å². The van der Waals surface area contributed by atoms with Crippen molar-refractivity contribution in [3.05, 3.63) is 47.3 Å². The number of hydrogen-bond donors (Lipinski definition) is 2. The van der Waals surface area contributed by atoms with Crippen LogP contribution in [0.4, 0.5) is 4.39 Å². The summed E-state index contributed by atoms with van der Waals surface area (Å²) in [4.78, 5) is 4.12. The molecule has 18 heavy (non-hydrogen) atoms. The molecule has 0 saturated heterocycles. The zero-order chi connectivity index (χ0) is 13.0. The highest BCUT2D eigenvalue weighted by Gasteiger charge is 2.19. The van der Waals surface area contributed by atoms with E-state index in [0.29, 0.717) is 11.4 Å². The zero-order valence-corrected chi connectivity index (χ0v) is 10.6. The average molecular weight is 248 g/mol. The molecule has 2 aromatic rings. The lowest BCUT2D eigenvalue weighted by Crippen LogP contribution is -2.25. The predicted molar refractivity (Wildman–Crippen MR) is 67.7 cm³/mol. The number of rotatable bonds is 5. The van der Waals surface area contributed by atoms with Crippen LogP contribution in [-0.2, 0) is 0 Å². The molecule has 0 radical (unpaired) electrons. The lowest BCUT2D eigenvalue weighted by Gasteiger charge is -2.17. The van der Waals surface area contributed by atoms with Crippen LogP contribution in [0.2, 0.25) is 0 Å². The van der Waals surface area contributed by atoms with E-state index in [9.17, 15) is 4.39 Å². The van der Waals surface area contributed by atoms with E-state index >= 15 is 0 Å². The van der Waals surface area contributed by atoms with Crippen LogP contribution in [0.3, 0.4) is 0 Å². The van der Waals surface area contributed by atoms with Crippen molar-refractivity contribution in [2.45, 2.75) is 26.3 Å². The number of benzene rings is 1. The second-order valence-corrected chi connectivity index (χ2v) is 4.28. The van der Waals surface area contributed by atoms with Crippen molar-refractivity contribution < 1.29 is 4.39 Å². The Morgan fingerprint density at radius 2 is 2.28 bits per heavy atom. The van der Waals surface area contributed by atoms with Crippen LogP contribution < -0.4 is 5.32 Å². The normalized spacial score (nSPS) is 12.6. The molecule has 5 heteroatoms. The molecule has 1 aromatic carbocycles. The highest BCUT2D eigenvalue weighted by Crippen LogP contribution is 2.22. The Hall–Kier alpha value is -1.75. The first-order valence-electron chi connectivity index (χ1n) is 6.07. The van der Waals surface area contributed by atoms with Gasteiger partial charge in [0.25, 0.3) is 0 Å². The molecule has 0 bridgehead atoms. The number of nitrogens with zero attached hydrogens (tertiary/aromatic N) is 2. The summed E-state index contributed by atoms with van der Waals surface area (Å²) in [5, 5.41) is 9.91. The second-order valence-electron chi connectivity index (χ2n) is 4.28. The lowest BCUT2D eigenvalue weighted by atomic mass is 10.0. The smallest absolute Gasteiger partial charge is 0.146 e. The van der Waals surface area contributed by atoms with E-state index in [1.54, 1.807) is 6.07 Å². The Morgan fingerprint density at radius 1 is 1.44 bits per heavy atom. The summed E-state index contributed by atoms with van der Waals surface area (Å²) in [6, 6.07) is 4.80. The summed E-state index contributed by atoms with van der Waals surface area (Å²) in [7, 11) is 0. The monoisotopic (exact) mass is 248 g/mol. The van der Waals surface area contributed by atoms with E-state index < -0.39 is 0 Å². The lowest BCUT2D eigenvalue weighted by molar-refractivity contribution is 0.531. The van der Waals surface area contributed by atoms with Crippen molar-refractivity contribution in [2.24, 2.45) is 0 Å². The topological polar surface area (TPSA) is 53.6 Å². The number of aromatic amines is 1. The molecule has 0 amide bonds. The Bertz CT molecular complexity index is 496. The first-order valence-corrected chi connectivity index (χ1v) is 6.07. The number of nitrogens with one attached hydrogen (secondary N) is 2. The molecular weight excluding hydrogens is 231 g/mol. The second kappa shape index (κ2) is 5.73. The minimum atomic E-state index is -0.285. The zero-order valence-electron chi connectivity index (χ0n) is 10.6. The average Bonchev–Trinajstić information content (AvgIpc) is 2.88. The molecule has 2 rings (SSSR count). The molecule has 0 fully saturated rings. The van der Waals surface area contributed by atoms with Crippen molar-refractivity contribution in [3.63, 3.8) is 0 Å². The summed E-state index contributed by atoms with van der Waals surface area (Å²) in [5.41, 5.74) is 1.62. The van der Waals surface area contributed by atoms with E-state index in [2.05, 4.69) is 27.4 Å². The Balaban J connectivity index is 2.36. The van der Waals surface area contributed by atoms with Gasteiger partial charge in [0.15, 0.2) is 0 Å². The molecule has 2 N–H and O–H groups in total. The molecule has 1 unspecified atom stereocenters. The Labute approximate surface area is 106 Å². The van der Waals surface area contributed by atoms with Crippen molar-refractivity contribution >= 4 is 0 Å². The van der Waals surface area contributed by atoms with Gasteiger partial charge in [-0.25, -0.2) is 9.37 Å². The van der Waals surface area contributed by atoms with Gasteiger partial charge >= 0.3 is 0 Å². The van der Waals surface area contributed by atoms with Gasteiger partial charge in [0, 0.05) is 5.56 Å². The largest absolute Gasteiger partial charge is 0.304 e. The Kier molecular flexibility index (Phi) is 4.04. The highest BCUT2D eigenvalue weighted by molar-refractivity contribution is 5.30. The van der Waals surface area contributed by atoms with Crippen LogP contribution in [0, 0.1) is 12.7 Å². The highest BCUT2D eigenvalue weighted by atomic mass is 19.1. The van der Waals surface area contributed by atoms with Crippen molar-refractivity contribution in [1.29, 1.82) is 0 Å². The first-order chi connectivity index (χ1) is 8.72. The van der Waals surface area contributed by atoms with E-state index in [1.165, 1.54) is 12.4 Å². The molecule has 96 valence electrons. The summed E-state index contributed by atoms with van der Waals surface area (Å²) >= 11 is 0. The molecule has 0 saturated carbocycles. The van der Waals surface area contributed by atoms with Crippen LogP contribution >= 0.6 is 0 Å². The fourth-order valence-corrected chi connectivity index (χ4v) is 1.88. The molecular formula is C13H17FN4. The van der Waals surface area contributed by atoms with Crippen LogP contribution in [0.25, 0.3) is 0 Å². The van der Waals surface area contributed by atoms with Gasteiger partial charge < -0.3 is 5.32 Å². The molecule has 1 atom stereocenters. The van der Waals surface area contributed by atoms with Gasteiger partial charge in [0.1, 0.15) is 18.0 Å². The third kappa shape index (κ3) is 2.73. The minimum Gasteiger partial charge on any atom is -0.304 e. The summed E-state index contributed by atoms with van der Waals surface area (Å²) in [6.07, 6.45) is 2.40.